The highest BCUT2D eigenvalue weighted by Gasteiger charge is 2.28. The molecule has 0 aromatic carbocycles. The van der Waals surface area contributed by atoms with Gasteiger partial charge in [-0.1, -0.05) is 13.8 Å². The minimum atomic E-state index is 0.115. The number of amides is 1. The highest BCUT2D eigenvalue weighted by molar-refractivity contribution is 7.14. The molecule has 4 heteroatoms. The number of carbonyl (C=O) groups excluding carboxylic acids is 1. The van der Waals surface area contributed by atoms with Crippen LogP contribution in [0.5, 0.6) is 0 Å². The van der Waals surface area contributed by atoms with Crippen molar-refractivity contribution >= 4 is 17.2 Å². The van der Waals surface area contributed by atoms with Gasteiger partial charge in [0.05, 0.1) is 4.88 Å². The maximum Gasteiger partial charge on any atom is 0.263 e. The van der Waals surface area contributed by atoms with Gasteiger partial charge in [-0.15, -0.1) is 11.3 Å². The van der Waals surface area contributed by atoms with E-state index in [-0.39, 0.29) is 5.91 Å². The molecule has 2 heterocycles. The minimum absolute atomic E-state index is 0.115. The van der Waals surface area contributed by atoms with Crippen molar-refractivity contribution in [1.82, 2.24) is 9.80 Å². The lowest BCUT2D eigenvalue weighted by Crippen LogP contribution is -2.26. The second-order valence-corrected chi connectivity index (χ2v) is 7.06. The molecule has 0 saturated carbocycles. The van der Waals surface area contributed by atoms with Crippen LogP contribution in [0, 0.1) is 5.92 Å². The third-order valence-corrected chi connectivity index (χ3v) is 4.71. The van der Waals surface area contributed by atoms with E-state index >= 15 is 0 Å². The summed E-state index contributed by atoms with van der Waals surface area (Å²) in [5.74, 6) is 0.813. The average Bonchev–Trinajstić information content (AvgIpc) is 2.94. The highest BCUT2D eigenvalue weighted by Crippen LogP contribution is 2.36. The number of carbonyl (C=O) groups is 1. The standard InChI is InChI=1S/C15H24N2OS/c1-11(2)10-17-9-5-6-12(17)13-7-8-14(19-13)15(18)16(3)4/h7-8,11-12H,5-6,9-10H2,1-4H3. The van der Waals surface area contributed by atoms with E-state index in [4.69, 9.17) is 0 Å². The monoisotopic (exact) mass is 280 g/mol. The van der Waals surface area contributed by atoms with Crippen molar-refractivity contribution in [2.24, 2.45) is 5.92 Å². The molecule has 0 aliphatic carbocycles. The van der Waals surface area contributed by atoms with Crippen molar-refractivity contribution in [3.05, 3.63) is 21.9 Å². The number of likely N-dealkylation sites (tertiary alicyclic amines) is 1. The molecule has 1 unspecified atom stereocenters. The second-order valence-electron chi connectivity index (χ2n) is 5.95. The van der Waals surface area contributed by atoms with E-state index in [1.807, 2.05) is 20.2 Å². The Kier molecular flexibility index (Phi) is 4.63. The first-order valence-corrected chi connectivity index (χ1v) is 7.86. The Bertz CT molecular complexity index is 439. The summed E-state index contributed by atoms with van der Waals surface area (Å²) in [6, 6.07) is 4.65. The molecule has 0 bridgehead atoms. The molecular formula is C15H24N2OS. The van der Waals surface area contributed by atoms with Crippen molar-refractivity contribution in [2.75, 3.05) is 27.2 Å². The maximum atomic E-state index is 12.0. The molecule has 1 aliphatic heterocycles. The first kappa shape index (κ1) is 14.5. The second kappa shape index (κ2) is 6.06. The fourth-order valence-corrected chi connectivity index (χ4v) is 3.90. The van der Waals surface area contributed by atoms with Crippen LogP contribution in [0.25, 0.3) is 0 Å². The predicted octanol–water partition coefficient (Wildman–Crippen LogP) is 3.24. The molecule has 0 spiro atoms. The third kappa shape index (κ3) is 3.37. The van der Waals surface area contributed by atoms with Gasteiger partial charge in [0.15, 0.2) is 0 Å². The summed E-state index contributed by atoms with van der Waals surface area (Å²) in [5.41, 5.74) is 0. The Labute approximate surface area is 120 Å². The lowest BCUT2D eigenvalue weighted by molar-refractivity contribution is 0.0832. The van der Waals surface area contributed by atoms with E-state index in [0.29, 0.717) is 12.0 Å². The summed E-state index contributed by atoms with van der Waals surface area (Å²) in [6.45, 7) is 6.88. The minimum Gasteiger partial charge on any atom is -0.344 e. The summed E-state index contributed by atoms with van der Waals surface area (Å²) in [4.78, 5) is 18.4. The van der Waals surface area contributed by atoms with E-state index in [1.54, 1.807) is 16.2 Å². The summed E-state index contributed by atoms with van der Waals surface area (Å²) >= 11 is 1.66. The normalized spacial score (nSPS) is 20.2. The first-order valence-electron chi connectivity index (χ1n) is 7.04. The van der Waals surface area contributed by atoms with Gasteiger partial charge in [-0.3, -0.25) is 9.69 Å². The van der Waals surface area contributed by atoms with Gasteiger partial charge in [0.25, 0.3) is 5.91 Å². The smallest absolute Gasteiger partial charge is 0.263 e. The largest absolute Gasteiger partial charge is 0.344 e. The number of rotatable bonds is 4. The van der Waals surface area contributed by atoms with E-state index in [2.05, 4.69) is 24.8 Å². The Balaban J connectivity index is 2.11. The van der Waals surface area contributed by atoms with Gasteiger partial charge in [-0.05, 0) is 37.4 Å². The van der Waals surface area contributed by atoms with Gasteiger partial charge in [0, 0.05) is 31.6 Å². The molecular weight excluding hydrogens is 256 g/mol. The number of nitrogens with zero attached hydrogens (tertiary/aromatic N) is 2. The van der Waals surface area contributed by atoms with Gasteiger partial charge in [-0.25, -0.2) is 0 Å². The van der Waals surface area contributed by atoms with Crippen LogP contribution in [0.15, 0.2) is 12.1 Å². The fourth-order valence-electron chi connectivity index (χ4n) is 2.70. The third-order valence-electron chi connectivity index (χ3n) is 3.54. The molecule has 0 N–H and O–H groups in total. The molecule has 19 heavy (non-hydrogen) atoms. The van der Waals surface area contributed by atoms with Crippen molar-refractivity contribution in [3.8, 4) is 0 Å². The summed E-state index contributed by atoms with van der Waals surface area (Å²) in [7, 11) is 3.62. The Hall–Kier alpha value is -0.870. The molecule has 0 radical (unpaired) electrons. The Morgan fingerprint density at radius 1 is 1.47 bits per heavy atom. The molecule has 1 aromatic rings. The van der Waals surface area contributed by atoms with Gasteiger partial charge < -0.3 is 4.90 Å². The molecule has 3 nitrogen and oxygen atoms in total. The quantitative estimate of drug-likeness (QED) is 0.845. The fraction of sp³-hybridized carbons (Fsp3) is 0.667. The van der Waals surface area contributed by atoms with Gasteiger partial charge in [0.1, 0.15) is 0 Å². The van der Waals surface area contributed by atoms with Crippen LogP contribution in [-0.4, -0.2) is 42.9 Å². The van der Waals surface area contributed by atoms with E-state index in [0.717, 1.165) is 11.4 Å². The van der Waals surface area contributed by atoms with Gasteiger partial charge in [-0.2, -0.15) is 0 Å². The van der Waals surface area contributed by atoms with Crippen LogP contribution >= 0.6 is 11.3 Å². The van der Waals surface area contributed by atoms with Crippen LogP contribution < -0.4 is 0 Å². The lowest BCUT2D eigenvalue weighted by atomic mass is 10.1. The molecule has 1 atom stereocenters. The summed E-state index contributed by atoms with van der Waals surface area (Å²) in [6.07, 6.45) is 2.50. The molecule has 1 amide bonds. The van der Waals surface area contributed by atoms with Crippen molar-refractivity contribution in [2.45, 2.75) is 32.7 Å². The molecule has 106 valence electrons. The molecule has 1 fully saturated rings. The number of hydrogen-bond donors (Lipinski definition) is 0. The van der Waals surface area contributed by atoms with Crippen LogP contribution in [0.2, 0.25) is 0 Å². The number of thiophene rings is 1. The first-order chi connectivity index (χ1) is 8.99. The summed E-state index contributed by atoms with van der Waals surface area (Å²) in [5, 5.41) is 0. The van der Waals surface area contributed by atoms with Gasteiger partial charge in [0.2, 0.25) is 0 Å². The predicted molar refractivity (Wildman–Crippen MR) is 80.7 cm³/mol. The van der Waals surface area contributed by atoms with E-state index in [1.165, 1.54) is 24.3 Å². The highest BCUT2D eigenvalue weighted by atomic mass is 32.1. The van der Waals surface area contributed by atoms with Crippen LogP contribution in [-0.2, 0) is 0 Å². The zero-order chi connectivity index (χ0) is 14.0. The van der Waals surface area contributed by atoms with Crippen LogP contribution in [0.1, 0.15) is 47.3 Å². The zero-order valence-electron chi connectivity index (χ0n) is 12.3. The zero-order valence-corrected chi connectivity index (χ0v) is 13.2. The van der Waals surface area contributed by atoms with Crippen LogP contribution in [0.4, 0.5) is 0 Å². The maximum absolute atomic E-state index is 12.0. The molecule has 1 saturated heterocycles. The molecule has 1 aliphatic rings. The molecule has 2 rings (SSSR count). The van der Waals surface area contributed by atoms with E-state index in [9.17, 15) is 4.79 Å². The lowest BCUT2D eigenvalue weighted by Gasteiger charge is -2.25. The Morgan fingerprint density at radius 3 is 2.84 bits per heavy atom. The Morgan fingerprint density at radius 2 is 2.21 bits per heavy atom. The van der Waals surface area contributed by atoms with E-state index < -0.39 is 0 Å². The summed E-state index contributed by atoms with van der Waals surface area (Å²) < 4.78 is 0. The van der Waals surface area contributed by atoms with Crippen LogP contribution in [0.3, 0.4) is 0 Å². The number of hydrogen-bond acceptors (Lipinski definition) is 3. The SMILES string of the molecule is CC(C)CN1CCCC1c1ccc(C(=O)N(C)C)s1. The average molecular weight is 280 g/mol. The van der Waals surface area contributed by atoms with Crippen molar-refractivity contribution < 1.29 is 4.79 Å². The van der Waals surface area contributed by atoms with Crippen molar-refractivity contribution in [3.63, 3.8) is 0 Å². The molecule has 1 aromatic heterocycles. The topological polar surface area (TPSA) is 23.6 Å². The van der Waals surface area contributed by atoms with Crippen molar-refractivity contribution in [1.29, 1.82) is 0 Å². The van der Waals surface area contributed by atoms with Gasteiger partial charge >= 0.3 is 0 Å².